The van der Waals surface area contributed by atoms with Crippen LogP contribution in [0.3, 0.4) is 0 Å². The second-order valence-corrected chi connectivity index (χ2v) is 2.79. The van der Waals surface area contributed by atoms with Crippen molar-refractivity contribution in [3.05, 3.63) is 30.0 Å². The minimum Gasteiger partial charge on any atom is -0.478 e. The van der Waals surface area contributed by atoms with Crippen molar-refractivity contribution in [1.29, 1.82) is 0 Å². The predicted molar refractivity (Wildman–Crippen MR) is 44.9 cm³/mol. The minimum absolute atomic E-state index is 0.164. The molecule has 0 aliphatic heterocycles. The number of aromatic nitrogens is 3. The standard InChI is InChI=1S/C8H5F2N3O2/c9-6(10)7-12-2-5-11-1-4(8(14)15)3-13(5)7/h1-3,6H,(H,14,15). The van der Waals surface area contributed by atoms with E-state index in [1.165, 1.54) is 0 Å². The van der Waals surface area contributed by atoms with Gasteiger partial charge in [-0.25, -0.2) is 23.5 Å². The number of halogens is 2. The Hall–Kier alpha value is -2.05. The highest BCUT2D eigenvalue weighted by Crippen LogP contribution is 2.18. The van der Waals surface area contributed by atoms with E-state index in [1.807, 2.05) is 0 Å². The molecule has 0 saturated carbocycles. The second kappa shape index (κ2) is 3.26. The summed E-state index contributed by atoms with van der Waals surface area (Å²) in [5.41, 5.74) is 0.0256. The molecule has 0 aliphatic carbocycles. The molecule has 0 fully saturated rings. The van der Waals surface area contributed by atoms with E-state index >= 15 is 0 Å². The van der Waals surface area contributed by atoms with Crippen LogP contribution >= 0.6 is 0 Å². The maximum Gasteiger partial charge on any atom is 0.338 e. The summed E-state index contributed by atoms with van der Waals surface area (Å²) < 4.78 is 25.8. The highest BCUT2D eigenvalue weighted by molar-refractivity contribution is 5.87. The van der Waals surface area contributed by atoms with E-state index in [0.29, 0.717) is 0 Å². The van der Waals surface area contributed by atoms with Gasteiger partial charge in [0, 0.05) is 12.4 Å². The van der Waals surface area contributed by atoms with Gasteiger partial charge in [-0.2, -0.15) is 0 Å². The number of alkyl halides is 2. The van der Waals surface area contributed by atoms with Crippen LogP contribution in [0.15, 0.2) is 18.6 Å². The predicted octanol–water partition coefficient (Wildman–Crippen LogP) is 1.37. The molecule has 2 aromatic heterocycles. The lowest BCUT2D eigenvalue weighted by atomic mass is 10.3. The molecule has 0 spiro atoms. The van der Waals surface area contributed by atoms with Crippen molar-refractivity contribution in [2.24, 2.45) is 0 Å². The lowest BCUT2D eigenvalue weighted by molar-refractivity contribution is 0.0695. The molecule has 2 heterocycles. The van der Waals surface area contributed by atoms with Crippen LogP contribution in [0.25, 0.3) is 5.65 Å². The maximum atomic E-state index is 12.4. The van der Waals surface area contributed by atoms with Crippen LogP contribution in [0.5, 0.6) is 0 Å². The van der Waals surface area contributed by atoms with Crippen LogP contribution in [0.1, 0.15) is 22.6 Å². The molecule has 0 atom stereocenters. The van der Waals surface area contributed by atoms with E-state index in [0.717, 1.165) is 23.0 Å². The molecular formula is C8H5F2N3O2. The normalized spacial score (nSPS) is 11.1. The Morgan fingerprint density at radius 3 is 2.73 bits per heavy atom. The quantitative estimate of drug-likeness (QED) is 0.817. The molecule has 0 radical (unpaired) electrons. The molecule has 78 valence electrons. The van der Waals surface area contributed by atoms with Crippen LogP contribution in [0.4, 0.5) is 8.78 Å². The average molecular weight is 213 g/mol. The summed E-state index contributed by atoms with van der Waals surface area (Å²) in [6.45, 7) is 0. The number of hydrogen-bond acceptors (Lipinski definition) is 3. The molecule has 5 nitrogen and oxygen atoms in total. The fraction of sp³-hybridized carbons (Fsp3) is 0.125. The number of nitrogens with zero attached hydrogens (tertiary/aromatic N) is 3. The summed E-state index contributed by atoms with van der Waals surface area (Å²) in [7, 11) is 0. The van der Waals surface area contributed by atoms with Gasteiger partial charge in [0.1, 0.15) is 0 Å². The molecule has 0 unspecified atom stereocenters. The molecule has 0 amide bonds. The van der Waals surface area contributed by atoms with E-state index in [-0.39, 0.29) is 11.2 Å². The lowest BCUT2D eigenvalue weighted by Gasteiger charge is -2.00. The van der Waals surface area contributed by atoms with Gasteiger partial charge in [-0.05, 0) is 0 Å². The molecule has 15 heavy (non-hydrogen) atoms. The summed E-state index contributed by atoms with van der Waals surface area (Å²) >= 11 is 0. The van der Waals surface area contributed by atoms with E-state index in [1.54, 1.807) is 0 Å². The van der Waals surface area contributed by atoms with Gasteiger partial charge in [-0.15, -0.1) is 0 Å². The van der Waals surface area contributed by atoms with E-state index in [9.17, 15) is 13.6 Å². The Morgan fingerprint density at radius 2 is 2.13 bits per heavy atom. The monoisotopic (exact) mass is 213 g/mol. The van der Waals surface area contributed by atoms with Crippen LogP contribution in [0.2, 0.25) is 0 Å². The first-order chi connectivity index (χ1) is 7.09. The smallest absolute Gasteiger partial charge is 0.338 e. The van der Waals surface area contributed by atoms with Crippen LogP contribution in [0, 0.1) is 0 Å². The van der Waals surface area contributed by atoms with Crippen molar-refractivity contribution in [3.63, 3.8) is 0 Å². The summed E-state index contributed by atoms with van der Waals surface area (Å²) in [6.07, 6.45) is 0.555. The fourth-order valence-corrected chi connectivity index (χ4v) is 1.17. The first-order valence-electron chi connectivity index (χ1n) is 3.94. The first kappa shape index (κ1) is 9.50. The highest BCUT2D eigenvalue weighted by Gasteiger charge is 2.15. The largest absolute Gasteiger partial charge is 0.478 e. The van der Waals surface area contributed by atoms with Crippen molar-refractivity contribution >= 4 is 11.6 Å². The highest BCUT2D eigenvalue weighted by atomic mass is 19.3. The number of hydrogen-bond donors (Lipinski definition) is 1. The third-order valence-electron chi connectivity index (χ3n) is 1.85. The third kappa shape index (κ3) is 1.51. The summed E-state index contributed by atoms with van der Waals surface area (Å²) in [4.78, 5) is 17.7. The van der Waals surface area contributed by atoms with Crippen molar-refractivity contribution in [1.82, 2.24) is 14.4 Å². The maximum absolute atomic E-state index is 12.4. The Balaban J connectivity index is 2.66. The van der Waals surface area contributed by atoms with Crippen molar-refractivity contribution in [2.45, 2.75) is 6.43 Å². The molecular weight excluding hydrogens is 208 g/mol. The van der Waals surface area contributed by atoms with Gasteiger partial charge in [-0.1, -0.05) is 0 Å². The number of carboxylic acid groups (broad SMARTS) is 1. The SMILES string of the molecule is O=C(O)c1cnc2cnc(C(F)F)n2c1. The Morgan fingerprint density at radius 1 is 1.40 bits per heavy atom. The van der Waals surface area contributed by atoms with Crippen molar-refractivity contribution in [3.8, 4) is 0 Å². The third-order valence-corrected chi connectivity index (χ3v) is 1.85. The molecule has 1 N–H and O–H groups in total. The number of rotatable bonds is 2. The second-order valence-electron chi connectivity index (χ2n) is 2.79. The van der Waals surface area contributed by atoms with Gasteiger partial charge in [0.05, 0.1) is 11.8 Å². The molecule has 0 saturated heterocycles. The zero-order valence-electron chi connectivity index (χ0n) is 7.26. The number of fused-ring (bicyclic) bond motifs is 1. The van der Waals surface area contributed by atoms with Gasteiger partial charge in [-0.3, -0.25) is 4.40 Å². The Kier molecular flexibility index (Phi) is 2.07. The molecule has 0 aromatic carbocycles. The fourth-order valence-electron chi connectivity index (χ4n) is 1.17. The van der Waals surface area contributed by atoms with Gasteiger partial charge in [0.15, 0.2) is 11.5 Å². The Bertz CT molecular complexity index is 524. The van der Waals surface area contributed by atoms with Crippen LogP contribution in [-0.4, -0.2) is 25.4 Å². The summed E-state index contributed by atoms with van der Waals surface area (Å²) in [6, 6.07) is 0. The number of carbonyl (C=O) groups is 1. The lowest BCUT2D eigenvalue weighted by Crippen LogP contribution is -2.02. The minimum atomic E-state index is -2.77. The van der Waals surface area contributed by atoms with Crippen LogP contribution < -0.4 is 0 Å². The van der Waals surface area contributed by atoms with Crippen molar-refractivity contribution < 1.29 is 18.7 Å². The molecule has 2 aromatic rings. The average Bonchev–Trinajstić information content (AvgIpc) is 2.59. The zero-order chi connectivity index (χ0) is 11.0. The number of carboxylic acids is 1. The first-order valence-corrected chi connectivity index (χ1v) is 3.94. The molecule has 0 aliphatic rings. The topological polar surface area (TPSA) is 67.5 Å². The summed E-state index contributed by atoms with van der Waals surface area (Å²) in [5, 5.41) is 8.65. The zero-order valence-corrected chi connectivity index (χ0v) is 7.26. The van der Waals surface area contributed by atoms with E-state index in [4.69, 9.17) is 5.11 Å². The number of aromatic carboxylic acids is 1. The van der Waals surface area contributed by atoms with E-state index < -0.39 is 18.2 Å². The van der Waals surface area contributed by atoms with Crippen LogP contribution in [-0.2, 0) is 0 Å². The van der Waals surface area contributed by atoms with Crippen molar-refractivity contribution in [2.75, 3.05) is 0 Å². The molecule has 2 rings (SSSR count). The van der Waals surface area contributed by atoms with Gasteiger partial charge >= 0.3 is 5.97 Å². The summed E-state index contributed by atoms with van der Waals surface area (Å²) in [5.74, 6) is -1.74. The van der Waals surface area contributed by atoms with Gasteiger partial charge < -0.3 is 5.11 Å². The van der Waals surface area contributed by atoms with E-state index in [2.05, 4.69) is 9.97 Å². The van der Waals surface area contributed by atoms with Gasteiger partial charge in [0.25, 0.3) is 6.43 Å². The molecule has 7 heteroatoms. The Labute approximate surface area is 82.0 Å². The molecule has 0 bridgehead atoms. The number of imidazole rings is 1. The van der Waals surface area contributed by atoms with Gasteiger partial charge in [0.2, 0.25) is 0 Å².